The maximum atomic E-state index is 12.9. The quantitative estimate of drug-likeness (QED) is 0.406. The van der Waals surface area contributed by atoms with Crippen LogP contribution < -0.4 is 5.43 Å². The molecule has 4 aromatic rings. The summed E-state index contributed by atoms with van der Waals surface area (Å²) >= 11 is 5.09. The van der Waals surface area contributed by atoms with Crippen LogP contribution in [-0.2, 0) is 0 Å². The molecule has 2 aromatic heterocycles. The Labute approximate surface area is 179 Å². The van der Waals surface area contributed by atoms with E-state index in [2.05, 4.69) is 22.0 Å². The molecule has 7 heteroatoms. The summed E-state index contributed by atoms with van der Waals surface area (Å²) < 4.78 is 7.74. The number of fused-ring (bicyclic) bond motifs is 2. The van der Waals surface area contributed by atoms with Crippen LogP contribution >= 0.6 is 27.3 Å². The van der Waals surface area contributed by atoms with Gasteiger partial charge in [-0.05, 0) is 43.2 Å². The van der Waals surface area contributed by atoms with Crippen molar-refractivity contribution in [3.8, 4) is 0 Å². The highest BCUT2D eigenvalue weighted by atomic mass is 79.9. The van der Waals surface area contributed by atoms with Crippen molar-refractivity contribution >= 4 is 54.4 Å². The molecule has 0 aliphatic carbocycles. The number of hydrogen-bond donors (Lipinski definition) is 0. The lowest BCUT2D eigenvalue weighted by atomic mass is 9.97. The fraction of sp³-hybridized carbons (Fsp3) is 0.227. The van der Waals surface area contributed by atoms with Gasteiger partial charge in [0.15, 0.2) is 11.2 Å². The van der Waals surface area contributed by atoms with Crippen molar-refractivity contribution in [1.82, 2.24) is 9.88 Å². The number of amides is 1. The van der Waals surface area contributed by atoms with E-state index in [0.717, 1.165) is 27.8 Å². The molecule has 3 heterocycles. The van der Waals surface area contributed by atoms with E-state index in [1.165, 1.54) is 10.8 Å². The van der Waals surface area contributed by atoms with E-state index in [-0.39, 0.29) is 17.1 Å². The molecule has 0 radical (unpaired) electrons. The minimum absolute atomic E-state index is 0.100. The summed E-state index contributed by atoms with van der Waals surface area (Å²) in [6.07, 6.45) is 1.71. The standard InChI is InChI=1S/C22H17BrN2O3S/c23-14-5-6-18-15(11-14)17(26)12-19(28-18)22(27)25-9-7-13(8-10-25)21-24-16-3-1-2-4-20(16)29-21/h1-6,11-13H,7-10H2. The number of thiazole rings is 1. The molecule has 1 aliphatic rings. The fourth-order valence-corrected chi connectivity index (χ4v) is 5.28. The minimum Gasteiger partial charge on any atom is -0.451 e. The van der Waals surface area contributed by atoms with E-state index in [1.807, 2.05) is 18.2 Å². The molecule has 2 aromatic carbocycles. The second kappa shape index (κ2) is 7.39. The van der Waals surface area contributed by atoms with E-state index in [9.17, 15) is 9.59 Å². The van der Waals surface area contributed by atoms with Gasteiger partial charge in [-0.3, -0.25) is 9.59 Å². The summed E-state index contributed by atoms with van der Waals surface area (Å²) in [5.74, 6) is 0.232. The van der Waals surface area contributed by atoms with E-state index in [0.29, 0.717) is 30.0 Å². The van der Waals surface area contributed by atoms with Crippen molar-refractivity contribution in [2.45, 2.75) is 18.8 Å². The van der Waals surface area contributed by atoms with E-state index in [1.54, 1.807) is 34.4 Å². The lowest BCUT2D eigenvalue weighted by Crippen LogP contribution is -2.38. The number of likely N-dealkylation sites (tertiary alicyclic amines) is 1. The first-order valence-corrected chi connectivity index (χ1v) is 11.1. The molecule has 0 atom stereocenters. The molecule has 146 valence electrons. The number of carbonyl (C=O) groups is 1. The average molecular weight is 469 g/mol. The summed E-state index contributed by atoms with van der Waals surface area (Å²) in [6, 6.07) is 14.7. The highest BCUT2D eigenvalue weighted by Crippen LogP contribution is 2.34. The summed E-state index contributed by atoms with van der Waals surface area (Å²) in [4.78, 5) is 31.9. The predicted molar refractivity (Wildman–Crippen MR) is 118 cm³/mol. The molecule has 1 fully saturated rings. The molecule has 29 heavy (non-hydrogen) atoms. The molecular formula is C22H17BrN2O3S. The lowest BCUT2D eigenvalue weighted by Gasteiger charge is -2.30. The second-order valence-electron chi connectivity index (χ2n) is 7.20. The predicted octanol–water partition coefficient (Wildman–Crippen LogP) is 5.19. The first-order valence-electron chi connectivity index (χ1n) is 9.46. The molecule has 1 amide bonds. The monoisotopic (exact) mass is 468 g/mol. The highest BCUT2D eigenvalue weighted by molar-refractivity contribution is 9.10. The SMILES string of the molecule is O=C(c1cc(=O)c2cc(Br)ccc2o1)N1CCC(c2nc3ccccc3s2)CC1. The molecule has 5 nitrogen and oxygen atoms in total. The van der Waals surface area contributed by atoms with Crippen molar-refractivity contribution < 1.29 is 9.21 Å². The van der Waals surface area contributed by atoms with Crippen LogP contribution in [0.4, 0.5) is 0 Å². The summed E-state index contributed by atoms with van der Waals surface area (Å²) in [5, 5.41) is 1.60. The Hall–Kier alpha value is -2.51. The molecule has 0 bridgehead atoms. The van der Waals surface area contributed by atoms with Gasteiger partial charge in [-0.2, -0.15) is 0 Å². The van der Waals surface area contributed by atoms with Crippen molar-refractivity contribution in [3.63, 3.8) is 0 Å². The lowest BCUT2D eigenvalue weighted by molar-refractivity contribution is 0.0681. The van der Waals surface area contributed by atoms with Gasteiger partial charge in [0, 0.05) is 29.5 Å². The van der Waals surface area contributed by atoms with Gasteiger partial charge in [0.05, 0.1) is 20.6 Å². The third kappa shape index (κ3) is 3.49. The van der Waals surface area contributed by atoms with Crippen molar-refractivity contribution in [3.05, 3.63) is 74.0 Å². The highest BCUT2D eigenvalue weighted by Gasteiger charge is 2.28. The Bertz CT molecular complexity index is 1260. The zero-order valence-corrected chi connectivity index (χ0v) is 17.8. The number of rotatable bonds is 2. The van der Waals surface area contributed by atoms with E-state index >= 15 is 0 Å². The summed E-state index contributed by atoms with van der Waals surface area (Å²) in [5.41, 5.74) is 1.25. The smallest absolute Gasteiger partial charge is 0.289 e. The van der Waals surface area contributed by atoms with Crippen molar-refractivity contribution in [1.29, 1.82) is 0 Å². The van der Waals surface area contributed by atoms with E-state index < -0.39 is 0 Å². The molecule has 0 spiro atoms. The van der Waals surface area contributed by atoms with Crippen LogP contribution in [0, 0.1) is 0 Å². The minimum atomic E-state index is -0.227. The second-order valence-corrected chi connectivity index (χ2v) is 9.18. The molecule has 0 saturated carbocycles. The number of halogens is 1. The maximum absolute atomic E-state index is 12.9. The summed E-state index contributed by atoms with van der Waals surface area (Å²) in [6.45, 7) is 1.25. The molecule has 1 saturated heterocycles. The van der Waals surface area contributed by atoms with Gasteiger partial charge in [-0.1, -0.05) is 28.1 Å². The Balaban J connectivity index is 1.34. The summed E-state index contributed by atoms with van der Waals surface area (Å²) in [7, 11) is 0. The Morgan fingerprint density at radius 3 is 2.72 bits per heavy atom. The zero-order chi connectivity index (χ0) is 20.0. The molecule has 5 rings (SSSR count). The Morgan fingerprint density at radius 2 is 1.93 bits per heavy atom. The Morgan fingerprint density at radius 1 is 1.14 bits per heavy atom. The van der Waals surface area contributed by atoms with Gasteiger partial charge < -0.3 is 9.32 Å². The first-order chi connectivity index (χ1) is 14.1. The van der Waals surface area contributed by atoms with Gasteiger partial charge in [0.2, 0.25) is 0 Å². The number of para-hydroxylation sites is 1. The van der Waals surface area contributed by atoms with Crippen molar-refractivity contribution in [2.24, 2.45) is 0 Å². The number of hydrogen-bond acceptors (Lipinski definition) is 5. The van der Waals surface area contributed by atoms with Crippen LogP contribution in [0.15, 0.2) is 62.2 Å². The van der Waals surface area contributed by atoms with Crippen LogP contribution in [0.3, 0.4) is 0 Å². The van der Waals surface area contributed by atoms with Crippen LogP contribution in [0.2, 0.25) is 0 Å². The zero-order valence-electron chi connectivity index (χ0n) is 15.4. The van der Waals surface area contributed by atoms with Gasteiger partial charge in [-0.15, -0.1) is 11.3 Å². The molecule has 0 unspecified atom stereocenters. The molecule has 1 aliphatic heterocycles. The number of piperidine rings is 1. The van der Waals surface area contributed by atoms with Gasteiger partial charge in [0.25, 0.3) is 5.91 Å². The number of benzene rings is 2. The molecular weight excluding hydrogens is 452 g/mol. The topological polar surface area (TPSA) is 63.4 Å². The van der Waals surface area contributed by atoms with Crippen LogP contribution in [-0.4, -0.2) is 28.9 Å². The van der Waals surface area contributed by atoms with Crippen molar-refractivity contribution in [2.75, 3.05) is 13.1 Å². The van der Waals surface area contributed by atoms with Crippen LogP contribution in [0.1, 0.15) is 34.3 Å². The maximum Gasteiger partial charge on any atom is 0.289 e. The van der Waals surface area contributed by atoms with Gasteiger partial charge in [0.1, 0.15) is 5.58 Å². The number of carbonyl (C=O) groups excluding carboxylic acids is 1. The van der Waals surface area contributed by atoms with Crippen LogP contribution in [0.5, 0.6) is 0 Å². The van der Waals surface area contributed by atoms with Gasteiger partial charge >= 0.3 is 0 Å². The van der Waals surface area contributed by atoms with E-state index in [4.69, 9.17) is 9.40 Å². The average Bonchev–Trinajstić information content (AvgIpc) is 3.18. The number of aromatic nitrogens is 1. The normalized spacial score (nSPS) is 15.3. The number of nitrogens with zero attached hydrogens (tertiary/aromatic N) is 2. The largest absolute Gasteiger partial charge is 0.451 e. The molecule has 0 N–H and O–H groups in total. The van der Waals surface area contributed by atoms with Crippen LogP contribution in [0.25, 0.3) is 21.2 Å². The first kappa shape index (κ1) is 18.5. The van der Waals surface area contributed by atoms with Gasteiger partial charge in [-0.25, -0.2) is 4.98 Å². The Kier molecular flexibility index (Phi) is 4.72. The fourth-order valence-electron chi connectivity index (χ4n) is 3.78. The third-order valence-corrected chi connectivity index (χ3v) is 7.03. The third-order valence-electron chi connectivity index (χ3n) is 5.34.